The summed E-state index contributed by atoms with van der Waals surface area (Å²) in [5.41, 5.74) is 6.70. The van der Waals surface area contributed by atoms with Crippen LogP contribution in [0.4, 0.5) is 0 Å². The van der Waals surface area contributed by atoms with Gasteiger partial charge in [0, 0.05) is 6.54 Å². The van der Waals surface area contributed by atoms with Crippen LogP contribution in [0.2, 0.25) is 0 Å². The van der Waals surface area contributed by atoms with Gasteiger partial charge in [0.1, 0.15) is 0 Å². The highest BCUT2D eigenvalue weighted by molar-refractivity contribution is 5.43. The van der Waals surface area contributed by atoms with Crippen LogP contribution in [0.5, 0.6) is 11.5 Å². The van der Waals surface area contributed by atoms with E-state index in [0.29, 0.717) is 13.2 Å². The van der Waals surface area contributed by atoms with Crippen LogP contribution < -0.4 is 15.2 Å². The van der Waals surface area contributed by atoms with E-state index in [2.05, 4.69) is 6.92 Å². The molecule has 3 nitrogen and oxygen atoms in total. The van der Waals surface area contributed by atoms with E-state index in [9.17, 15) is 0 Å². The van der Waals surface area contributed by atoms with Crippen LogP contribution in [0.15, 0.2) is 18.2 Å². The van der Waals surface area contributed by atoms with E-state index in [1.165, 1.54) is 25.7 Å². The number of hydrogen-bond donors (Lipinski definition) is 1. The first-order chi connectivity index (χ1) is 9.31. The standard InChI is InChI=1S/C16H27NO2/c1-3-5-6-7-8-11-19-15-10-9-14(13-17)12-16(15)18-4-2/h9-10,12H,3-8,11,13,17H2,1-2H3. The van der Waals surface area contributed by atoms with Crippen LogP contribution >= 0.6 is 0 Å². The van der Waals surface area contributed by atoms with Gasteiger partial charge in [-0.3, -0.25) is 0 Å². The number of unbranched alkanes of at least 4 members (excludes halogenated alkanes) is 4. The quantitative estimate of drug-likeness (QED) is 0.653. The molecule has 1 aromatic rings. The van der Waals surface area contributed by atoms with Crippen molar-refractivity contribution in [1.82, 2.24) is 0 Å². The van der Waals surface area contributed by atoms with Crippen LogP contribution in [0.25, 0.3) is 0 Å². The third kappa shape index (κ3) is 5.97. The Hall–Kier alpha value is -1.22. The summed E-state index contributed by atoms with van der Waals surface area (Å²) < 4.78 is 11.4. The number of ether oxygens (including phenoxy) is 2. The van der Waals surface area contributed by atoms with Crippen LogP contribution in [0, 0.1) is 0 Å². The zero-order chi connectivity index (χ0) is 13.9. The minimum Gasteiger partial charge on any atom is -0.490 e. The Bertz CT molecular complexity index is 353. The van der Waals surface area contributed by atoms with Crippen molar-refractivity contribution in [2.24, 2.45) is 5.73 Å². The fourth-order valence-corrected chi connectivity index (χ4v) is 1.95. The lowest BCUT2D eigenvalue weighted by Gasteiger charge is -2.13. The maximum atomic E-state index is 5.80. The summed E-state index contributed by atoms with van der Waals surface area (Å²) in [6.07, 6.45) is 6.22. The molecule has 0 aliphatic rings. The average Bonchev–Trinajstić information content (AvgIpc) is 2.44. The van der Waals surface area contributed by atoms with Crippen molar-refractivity contribution in [2.75, 3.05) is 13.2 Å². The van der Waals surface area contributed by atoms with Gasteiger partial charge in [0.15, 0.2) is 11.5 Å². The molecule has 19 heavy (non-hydrogen) atoms. The SMILES string of the molecule is CCCCCCCOc1ccc(CN)cc1OCC. The second-order valence-electron chi connectivity index (χ2n) is 4.68. The third-order valence-electron chi connectivity index (χ3n) is 3.05. The lowest BCUT2D eigenvalue weighted by atomic mass is 10.1. The van der Waals surface area contributed by atoms with Gasteiger partial charge in [-0.15, -0.1) is 0 Å². The number of benzene rings is 1. The van der Waals surface area contributed by atoms with E-state index in [0.717, 1.165) is 30.1 Å². The van der Waals surface area contributed by atoms with Gasteiger partial charge in [0.05, 0.1) is 13.2 Å². The zero-order valence-corrected chi connectivity index (χ0v) is 12.3. The zero-order valence-electron chi connectivity index (χ0n) is 12.3. The van der Waals surface area contributed by atoms with E-state index in [1.54, 1.807) is 0 Å². The predicted molar refractivity (Wildman–Crippen MR) is 79.8 cm³/mol. The summed E-state index contributed by atoms with van der Waals surface area (Å²) in [6, 6.07) is 5.92. The third-order valence-corrected chi connectivity index (χ3v) is 3.05. The van der Waals surface area contributed by atoms with Crippen LogP contribution in [-0.2, 0) is 6.54 Å². The Morgan fingerprint density at radius 1 is 0.947 bits per heavy atom. The molecule has 1 aromatic carbocycles. The summed E-state index contributed by atoms with van der Waals surface area (Å²) in [4.78, 5) is 0. The van der Waals surface area contributed by atoms with Crippen LogP contribution in [0.3, 0.4) is 0 Å². The molecule has 0 spiro atoms. The molecule has 0 heterocycles. The van der Waals surface area contributed by atoms with Gasteiger partial charge < -0.3 is 15.2 Å². The molecule has 0 amide bonds. The molecule has 0 aliphatic heterocycles. The first kappa shape index (κ1) is 15.8. The molecular weight excluding hydrogens is 238 g/mol. The monoisotopic (exact) mass is 265 g/mol. The lowest BCUT2D eigenvalue weighted by Crippen LogP contribution is -2.03. The van der Waals surface area contributed by atoms with Gasteiger partial charge in [-0.05, 0) is 31.0 Å². The van der Waals surface area contributed by atoms with Gasteiger partial charge in [-0.2, -0.15) is 0 Å². The molecule has 2 N–H and O–H groups in total. The molecule has 0 radical (unpaired) electrons. The van der Waals surface area contributed by atoms with Crippen LogP contribution in [0.1, 0.15) is 51.5 Å². The molecule has 0 saturated carbocycles. The molecule has 0 fully saturated rings. The van der Waals surface area contributed by atoms with Gasteiger partial charge in [0.2, 0.25) is 0 Å². The van der Waals surface area contributed by atoms with Crippen molar-refractivity contribution in [3.63, 3.8) is 0 Å². The molecule has 0 bridgehead atoms. The summed E-state index contributed by atoms with van der Waals surface area (Å²) in [6.45, 7) is 6.12. The lowest BCUT2D eigenvalue weighted by molar-refractivity contribution is 0.270. The van der Waals surface area contributed by atoms with E-state index < -0.39 is 0 Å². The largest absolute Gasteiger partial charge is 0.490 e. The number of hydrogen-bond acceptors (Lipinski definition) is 3. The second-order valence-corrected chi connectivity index (χ2v) is 4.68. The Labute approximate surface area is 117 Å². The summed E-state index contributed by atoms with van der Waals surface area (Å²) in [7, 11) is 0. The van der Waals surface area contributed by atoms with Gasteiger partial charge in [-0.25, -0.2) is 0 Å². The van der Waals surface area contributed by atoms with E-state index in [1.807, 2.05) is 25.1 Å². The van der Waals surface area contributed by atoms with E-state index in [4.69, 9.17) is 15.2 Å². The fraction of sp³-hybridized carbons (Fsp3) is 0.625. The minimum atomic E-state index is 0.525. The minimum absolute atomic E-state index is 0.525. The molecule has 0 aliphatic carbocycles. The molecule has 3 heteroatoms. The highest BCUT2D eigenvalue weighted by Crippen LogP contribution is 2.28. The number of nitrogens with two attached hydrogens (primary N) is 1. The highest BCUT2D eigenvalue weighted by Gasteiger charge is 2.05. The van der Waals surface area contributed by atoms with Crippen molar-refractivity contribution in [3.8, 4) is 11.5 Å². The summed E-state index contributed by atoms with van der Waals surface area (Å²) in [5, 5.41) is 0. The molecule has 0 atom stereocenters. The van der Waals surface area contributed by atoms with Crippen molar-refractivity contribution in [3.05, 3.63) is 23.8 Å². The molecule has 0 aromatic heterocycles. The van der Waals surface area contributed by atoms with Gasteiger partial charge >= 0.3 is 0 Å². The number of rotatable bonds is 10. The normalized spacial score (nSPS) is 10.5. The Kier molecular flexibility index (Phi) is 8.07. The van der Waals surface area contributed by atoms with Crippen molar-refractivity contribution in [1.29, 1.82) is 0 Å². The molecule has 1 rings (SSSR count). The van der Waals surface area contributed by atoms with Crippen LogP contribution in [-0.4, -0.2) is 13.2 Å². The van der Waals surface area contributed by atoms with Gasteiger partial charge in [0.25, 0.3) is 0 Å². The Balaban J connectivity index is 2.43. The van der Waals surface area contributed by atoms with Crippen molar-refractivity contribution < 1.29 is 9.47 Å². The smallest absolute Gasteiger partial charge is 0.161 e. The van der Waals surface area contributed by atoms with Crippen molar-refractivity contribution in [2.45, 2.75) is 52.5 Å². The van der Waals surface area contributed by atoms with Gasteiger partial charge in [-0.1, -0.05) is 38.7 Å². The first-order valence-corrected chi connectivity index (χ1v) is 7.40. The molecule has 0 unspecified atom stereocenters. The maximum Gasteiger partial charge on any atom is 0.161 e. The fourth-order valence-electron chi connectivity index (χ4n) is 1.95. The first-order valence-electron chi connectivity index (χ1n) is 7.40. The predicted octanol–water partition coefficient (Wildman–Crippen LogP) is 3.89. The molecule has 0 saturated heterocycles. The Morgan fingerprint density at radius 2 is 1.74 bits per heavy atom. The second kappa shape index (κ2) is 9.68. The highest BCUT2D eigenvalue weighted by atomic mass is 16.5. The van der Waals surface area contributed by atoms with E-state index >= 15 is 0 Å². The molecular formula is C16H27NO2. The van der Waals surface area contributed by atoms with E-state index in [-0.39, 0.29) is 0 Å². The average molecular weight is 265 g/mol. The maximum absolute atomic E-state index is 5.80. The topological polar surface area (TPSA) is 44.5 Å². The molecule has 108 valence electrons. The summed E-state index contributed by atoms with van der Waals surface area (Å²) >= 11 is 0. The Morgan fingerprint density at radius 3 is 2.42 bits per heavy atom. The van der Waals surface area contributed by atoms with Crippen molar-refractivity contribution >= 4 is 0 Å². The summed E-state index contributed by atoms with van der Waals surface area (Å²) in [5.74, 6) is 1.63.